The van der Waals surface area contributed by atoms with Gasteiger partial charge in [-0.3, -0.25) is 4.98 Å². The van der Waals surface area contributed by atoms with Crippen molar-refractivity contribution in [2.24, 2.45) is 7.05 Å². The number of fused-ring (bicyclic) bond motifs is 1. The van der Waals surface area contributed by atoms with Crippen LogP contribution in [0.15, 0.2) is 54.2 Å². The maximum absolute atomic E-state index is 12.4. The van der Waals surface area contributed by atoms with Gasteiger partial charge in [0.15, 0.2) is 10.7 Å². The second-order valence-corrected chi connectivity index (χ2v) is 10.7. The fraction of sp³-hybridized carbons (Fsp3) is 0.348. The number of imidazole rings is 1. The minimum absolute atomic E-state index is 0.0255. The third kappa shape index (κ3) is 4.58. The smallest absolute Gasteiger partial charge is 0.259 e. The largest absolute Gasteiger partial charge is 0.339 e. The summed E-state index contributed by atoms with van der Waals surface area (Å²) in [5, 5.41) is 0.0255. The van der Waals surface area contributed by atoms with Gasteiger partial charge in [0.25, 0.3) is 10.0 Å². The molecule has 0 radical (unpaired) electrons. The summed E-state index contributed by atoms with van der Waals surface area (Å²) in [5.74, 6) is 0. The van der Waals surface area contributed by atoms with Crippen molar-refractivity contribution in [3.8, 4) is 11.3 Å². The van der Waals surface area contributed by atoms with Crippen LogP contribution in [0.4, 0.5) is 0 Å². The van der Waals surface area contributed by atoms with Crippen LogP contribution in [0.25, 0.3) is 22.4 Å². The molecule has 3 heterocycles. The van der Waals surface area contributed by atoms with Gasteiger partial charge in [-0.05, 0) is 29.4 Å². The lowest BCUT2D eigenvalue weighted by molar-refractivity contribution is 0.575. The Morgan fingerprint density at radius 1 is 1.06 bits per heavy atom. The number of aromatic amines is 1. The monoisotopic (exact) mass is 452 g/mol. The molecule has 0 saturated heterocycles. The maximum atomic E-state index is 12.4. The first kappa shape index (κ1) is 22.2. The molecule has 2 N–H and O–H groups in total. The molecule has 4 rings (SSSR count). The van der Waals surface area contributed by atoms with Crippen molar-refractivity contribution in [2.75, 3.05) is 6.54 Å². The molecule has 4 aromatic rings. The fourth-order valence-electron chi connectivity index (χ4n) is 3.66. The van der Waals surface area contributed by atoms with Gasteiger partial charge in [-0.1, -0.05) is 45.0 Å². The predicted octanol–water partition coefficient (Wildman–Crippen LogP) is 3.57. The van der Waals surface area contributed by atoms with Crippen LogP contribution >= 0.6 is 0 Å². The number of hydrogen-bond acceptors (Lipinski definition) is 5. The van der Waals surface area contributed by atoms with E-state index in [0.717, 1.165) is 28.0 Å². The summed E-state index contributed by atoms with van der Waals surface area (Å²) in [5.41, 5.74) is 5.95. The summed E-state index contributed by atoms with van der Waals surface area (Å²) in [6, 6.07) is 8.51. The van der Waals surface area contributed by atoms with Gasteiger partial charge in [-0.25, -0.2) is 23.1 Å². The maximum Gasteiger partial charge on any atom is 0.259 e. The average molecular weight is 453 g/mol. The number of aromatic nitrogens is 5. The average Bonchev–Trinajstić information content (AvgIpc) is 3.35. The Labute approximate surface area is 188 Å². The van der Waals surface area contributed by atoms with Crippen LogP contribution in [-0.2, 0) is 28.9 Å². The van der Waals surface area contributed by atoms with Crippen LogP contribution in [0.2, 0.25) is 0 Å². The van der Waals surface area contributed by atoms with Gasteiger partial charge >= 0.3 is 0 Å². The van der Waals surface area contributed by atoms with Crippen molar-refractivity contribution in [1.82, 2.24) is 29.2 Å². The Morgan fingerprint density at radius 2 is 1.78 bits per heavy atom. The summed E-state index contributed by atoms with van der Waals surface area (Å²) in [6.07, 6.45) is 7.56. The highest BCUT2D eigenvalue weighted by Gasteiger charge is 2.19. The van der Waals surface area contributed by atoms with E-state index in [2.05, 4.69) is 69.7 Å². The third-order valence-corrected chi connectivity index (χ3v) is 6.77. The Morgan fingerprint density at radius 3 is 2.44 bits per heavy atom. The molecule has 0 aliphatic rings. The van der Waals surface area contributed by atoms with Crippen LogP contribution in [0.1, 0.15) is 38.3 Å². The molecular weight excluding hydrogens is 424 g/mol. The molecule has 0 atom stereocenters. The Balaban J connectivity index is 1.54. The molecule has 0 aliphatic carbocycles. The zero-order valence-electron chi connectivity index (χ0n) is 18.8. The summed E-state index contributed by atoms with van der Waals surface area (Å²) < 4.78 is 29.1. The predicted molar refractivity (Wildman–Crippen MR) is 125 cm³/mol. The van der Waals surface area contributed by atoms with Crippen LogP contribution < -0.4 is 4.72 Å². The Hall–Kier alpha value is -3.04. The SMILES string of the molecule is Cn1cnc(S(=O)(=O)NCCCc2c(-c3ccc(C(C)(C)C)cc3)[nH]c3nccnc23)c1. The topological polar surface area (TPSA) is 106 Å². The number of hydrogen-bond donors (Lipinski definition) is 2. The Bertz CT molecular complexity index is 1330. The molecule has 8 nitrogen and oxygen atoms in total. The van der Waals surface area contributed by atoms with Crippen molar-refractivity contribution in [3.63, 3.8) is 0 Å². The van der Waals surface area contributed by atoms with Crippen molar-refractivity contribution >= 4 is 21.2 Å². The molecule has 1 aromatic carbocycles. The molecule has 0 unspecified atom stereocenters. The van der Waals surface area contributed by atoms with Crippen LogP contribution in [-0.4, -0.2) is 39.5 Å². The lowest BCUT2D eigenvalue weighted by atomic mass is 9.86. The van der Waals surface area contributed by atoms with E-state index < -0.39 is 10.0 Å². The van der Waals surface area contributed by atoms with Crippen molar-refractivity contribution in [1.29, 1.82) is 0 Å². The lowest BCUT2D eigenvalue weighted by Gasteiger charge is -2.19. The number of aryl methyl sites for hydroxylation is 2. The van der Waals surface area contributed by atoms with E-state index >= 15 is 0 Å². The first-order valence-corrected chi connectivity index (χ1v) is 12.0. The van der Waals surface area contributed by atoms with Gasteiger partial charge in [0.1, 0.15) is 5.52 Å². The van der Waals surface area contributed by atoms with E-state index in [1.165, 1.54) is 18.1 Å². The van der Waals surface area contributed by atoms with E-state index in [9.17, 15) is 8.42 Å². The van der Waals surface area contributed by atoms with Gasteiger partial charge in [0, 0.05) is 37.7 Å². The lowest BCUT2D eigenvalue weighted by Crippen LogP contribution is -2.25. The third-order valence-electron chi connectivity index (χ3n) is 5.42. The first-order valence-electron chi connectivity index (χ1n) is 10.6. The van der Waals surface area contributed by atoms with Crippen molar-refractivity contribution in [3.05, 3.63) is 60.3 Å². The van der Waals surface area contributed by atoms with Crippen LogP contribution in [0, 0.1) is 0 Å². The minimum atomic E-state index is -3.62. The van der Waals surface area contributed by atoms with Gasteiger partial charge in [-0.15, -0.1) is 0 Å². The second-order valence-electron chi connectivity index (χ2n) is 8.94. The molecule has 9 heteroatoms. The van der Waals surface area contributed by atoms with E-state index in [0.29, 0.717) is 19.4 Å². The van der Waals surface area contributed by atoms with Crippen LogP contribution in [0.5, 0.6) is 0 Å². The van der Waals surface area contributed by atoms with Gasteiger partial charge in [0.05, 0.1) is 12.0 Å². The van der Waals surface area contributed by atoms with E-state index in [4.69, 9.17) is 0 Å². The zero-order chi connectivity index (χ0) is 22.9. The molecular formula is C23H28N6O2S. The first-order chi connectivity index (χ1) is 15.1. The normalized spacial score (nSPS) is 12.5. The number of sulfonamides is 1. The summed E-state index contributed by atoms with van der Waals surface area (Å²) in [4.78, 5) is 16.3. The van der Waals surface area contributed by atoms with Crippen molar-refractivity contribution in [2.45, 2.75) is 44.1 Å². The van der Waals surface area contributed by atoms with E-state index in [1.54, 1.807) is 24.0 Å². The number of H-pyrrole nitrogens is 1. The number of benzene rings is 1. The zero-order valence-corrected chi connectivity index (χ0v) is 19.6. The number of rotatable bonds is 7. The highest BCUT2D eigenvalue weighted by molar-refractivity contribution is 7.89. The molecule has 0 fully saturated rings. The molecule has 3 aromatic heterocycles. The number of nitrogens with zero attached hydrogens (tertiary/aromatic N) is 4. The molecule has 0 spiro atoms. The summed E-state index contributed by atoms with van der Waals surface area (Å²) >= 11 is 0. The highest BCUT2D eigenvalue weighted by atomic mass is 32.2. The van der Waals surface area contributed by atoms with E-state index in [1.807, 2.05) is 0 Å². The summed E-state index contributed by atoms with van der Waals surface area (Å²) in [7, 11) is -1.89. The molecule has 0 amide bonds. The molecule has 0 aliphatic heterocycles. The molecule has 0 saturated carbocycles. The fourth-order valence-corrected chi connectivity index (χ4v) is 4.71. The second kappa shape index (κ2) is 8.48. The van der Waals surface area contributed by atoms with Crippen LogP contribution in [0.3, 0.4) is 0 Å². The van der Waals surface area contributed by atoms with Crippen molar-refractivity contribution < 1.29 is 8.42 Å². The Kier molecular flexibility index (Phi) is 5.87. The molecule has 32 heavy (non-hydrogen) atoms. The highest BCUT2D eigenvalue weighted by Crippen LogP contribution is 2.31. The van der Waals surface area contributed by atoms with Gasteiger partial charge < -0.3 is 9.55 Å². The van der Waals surface area contributed by atoms with Gasteiger partial charge in [0.2, 0.25) is 0 Å². The molecule has 168 valence electrons. The molecule has 0 bridgehead atoms. The van der Waals surface area contributed by atoms with Gasteiger partial charge in [-0.2, -0.15) is 0 Å². The summed E-state index contributed by atoms with van der Waals surface area (Å²) in [6.45, 7) is 6.87. The number of nitrogens with one attached hydrogen (secondary N) is 2. The van der Waals surface area contributed by atoms with E-state index in [-0.39, 0.29) is 10.4 Å². The standard InChI is InChI=1S/C23H28N6O2S/c1-23(2,3)17-9-7-16(8-10-17)20-18(21-22(28-20)25-13-12-24-21)6-5-11-27-32(30,31)19-14-29(4)15-26-19/h7-10,12-15,27H,5-6,11H2,1-4H3,(H,25,28). The quantitative estimate of drug-likeness (QED) is 0.417. The minimum Gasteiger partial charge on any atom is -0.339 e.